The van der Waals surface area contributed by atoms with Gasteiger partial charge >= 0.3 is 0 Å². The van der Waals surface area contributed by atoms with Crippen molar-refractivity contribution in [3.05, 3.63) is 0 Å². The first-order valence-electron chi connectivity index (χ1n) is 8.13. The van der Waals surface area contributed by atoms with Crippen LogP contribution in [0, 0.1) is 5.92 Å². The molecule has 144 valence electrons. The summed E-state index contributed by atoms with van der Waals surface area (Å²) in [6.45, 7) is 12.9. The summed E-state index contributed by atoms with van der Waals surface area (Å²) in [5.41, 5.74) is -0.587. The average molecular weight is 475 g/mol. The molecule has 0 aliphatic carbocycles. The zero-order valence-corrected chi connectivity index (χ0v) is 19.0. The summed E-state index contributed by atoms with van der Waals surface area (Å²) in [4.78, 5) is 6.70. The molecule has 1 heterocycles. The molecule has 9 heteroatoms. The fourth-order valence-electron chi connectivity index (χ4n) is 2.83. The van der Waals surface area contributed by atoms with Gasteiger partial charge in [-0.25, -0.2) is 13.1 Å². The Kier molecular flexibility index (Phi) is 9.48. The van der Waals surface area contributed by atoms with E-state index >= 15 is 0 Å². The lowest BCUT2D eigenvalue weighted by Gasteiger charge is -2.28. The van der Waals surface area contributed by atoms with Gasteiger partial charge in [-0.3, -0.25) is 9.89 Å². The van der Waals surface area contributed by atoms with Crippen LogP contribution in [-0.2, 0) is 10.0 Å². The summed E-state index contributed by atoms with van der Waals surface area (Å²) >= 11 is 0. The first-order valence-corrected chi connectivity index (χ1v) is 10.0. The van der Waals surface area contributed by atoms with Crippen LogP contribution in [-0.4, -0.2) is 69.8 Å². The Hall–Kier alpha value is -0.130. The Morgan fingerprint density at radius 3 is 2.33 bits per heavy atom. The van der Waals surface area contributed by atoms with E-state index in [0.717, 1.165) is 13.1 Å². The first kappa shape index (κ1) is 23.9. The Morgan fingerprint density at radius 1 is 1.33 bits per heavy atom. The molecule has 0 aromatic heterocycles. The Labute approximate surface area is 164 Å². The molecule has 2 unspecified atom stereocenters. The van der Waals surface area contributed by atoms with E-state index in [1.165, 1.54) is 6.26 Å². The maximum atomic E-state index is 11.4. The summed E-state index contributed by atoms with van der Waals surface area (Å²) in [6.07, 6.45) is 1.17. The Bertz CT molecular complexity index is 522. The number of nitrogens with one attached hydrogen (secondary N) is 3. The highest BCUT2D eigenvalue weighted by molar-refractivity contribution is 14.0. The maximum Gasteiger partial charge on any atom is 0.209 e. The zero-order chi connectivity index (χ0) is 17.8. The molecule has 3 N–H and O–H groups in total. The SMILES string of the molecule is CN=C(NCC(C)(C)NS(C)(=O)=O)NC1CN(C(C)C)CC1C.I. The van der Waals surface area contributed by atoms with Gasteiger partial charge in [0.15, 0.2) is 5.96 Å². The third-order valence-corrected chi connectivity index (χ3v) is 5.00. The van der Waals surface area contributed by atoms with E-state index < -0.39 is 15.6 Å². The molecule has 0 aromatic rings. The molecule has 7 nitrogen and oxygen atoms in total. The standard InChI is InChI=1S/C15H33N5O2S.HI/c1-11(2)20-8-12(3)13(9-20)18-14(16-6)17-10-15(4,5)19-23(7,21)22;/h11-13,19H,8-10H2,1-7H3,(H2,16,17,18);1H. The minimum absolute atomic E-state index is 0. The van der Waals surface area contributed by atoms with Gasteiger partial charge in [0.25, 0.3) is 0 Å². The van der Waals surface area contributed by atoms with Crippen LogP contribution in [0.25, 0.3) is 0 Å². The van der Waals surface area contributed by atoms with Crippen LogP contribution in [0.5, 0.6) is 0 Å². The highest BCUT2D eigenvalue weighted by Gasteiger charge is 2.31. The molecule has 1 rings (SSSR count). The zero-order valence-electron chi connectivity index (χ0n) is 15.9. The van der Waals surface area contributed by atoms with Crippen LogP contribution >= 0.6 is 24.0 Å². The summed E-state index contributed by atoms with van der Waals surface area (Å²) < 4.78 is 25.4. The summed E-state index contributed by atoms with van der Waals surface area (Å²) in [7, 11) is -1.51. The van der Waals surface area contributed by atoms with E-state index in [1.54, 1.807) is 7.05 Å². The molecule has 0 radical (unpaired) electrons. The van der Waals surface area contributed by atoms with Crippen LogP contribution in [0.2, 0.25) is 0 Å². The van der Waals surface area contributed by atoms with Crippen LogP contribution in [0.4, 0.5) is 0 Å². The molecule has 1 aliphatic rings. The molecule has 0 aromatic carbocycles. The monoisotopic (exact) mass is 475 g/mol. The van der Waals surface area contributed by atoms with E-state index in [0.29, 0.717) is 30.5 Å². The molecule has 1 aliphatic heterocycles. The molecular weight excluding hydrogens is 441 g/mol. The van der Waals surface area contributed by atoms with E-state index in [1.807, 2.05) is 13.8 Å². The highest BCUT2D eigenvalue weighted by Crippen LogP contribution is 2.18. The average Bonchev–Trinajstić information content (AvgIpc) is 2.73. The van der Waals surface area contributed by atoms with Crippen molar-refractivity contribution in [3.8, 4) is 0 Å². The Balaban J connectivity index is 0.00000529. The third kappa shape index (κ3) is 8.30. The molecule has 0 spiro atoms. The number of likely N-dealkylation sites (tertiary alicyclic amines) is 1. The number of hydrogen-bond acceptors (Lipinski definition) is 4. The van der Waals surface area contributed by atoms with Crippen molar-refractivity contribution < 1.29 is 8.42 Å². The van der Waals surface area contributed by atoms with Gasteiger partial charge in [0, 0.05) is 44.3 Å². The number of sulfonamides is 1. The van der Waals surface area contributed by atoms with Gasteiger partial charge in [-0.1, -0.05) is 6.92 Å². The van der Waals surface area contributed by atoms with Gasteiger partial charge in [0.1, 0.15) is 0 Å². The highest BCUT2D eigenvalue weighted by atomic mass is 127. The van der Waals surface area contributed by atoms with Crippen molar-refractivity contribution in [3.63, 3.8) is 0 Å². The van der Waals surface area contributed by atoms with Gasteiger partial charge < -0.3 is 10.6 Å². The van der Waals surface area contributed by atoms with E-state index in [4.69, 9.17) is 0 Å². The predicted molar refractivity (Wildman–Crippen MR) is 112 cm³/mol. The van der Waals surface area contributed by atoms with Crippen molar-refractivity contribution in [2.75, 3.05) is 32.9 Å². The van der Waals surface area contributed by atoms with Crippen LogP contribution < -0.4 is 15.4 Å². The summed E-state index contributed by atoms with van der Waals surface area (Å²) in [6, 6.07) is 0.881. The molecule has 1 saturated heterocycles. The number of rotatable bonds is 6. The molecule has 0 bridgehead atoms. The largest absolute Gasteiger partial charge is 0.355 e. The summed E-state index contributed by atoms with van der Waals surface area (Å²) in [5, 5.41) is 6.67. The number of nitrogens with zero attached hydrogens (tertiary/aromatic N) is 2. The topological polar surface area (TPSA) is 85.8 Å². The van der Waals surface area contributed by atoms with Crippen molar-refractivity contribution in [2.24, 2.45) is 10.9 Å². The molecule has 0 saturated carbocycles. The first-order chi connectivity index (χ1) is 10.4. The summed E-state index contributed by atoms with van der Waals surface area (Å²) in [5.74, 6) is 1.24. The van der Waals surface area contributed by atoms with Gasteiger partial charge in [-0.15, -0.1) is 24.0 Å². The minimum Gasteiger partial charge on any atom is -0.355 e. The molecule has 0 amide bonds. The minimum atomic E-state index is -3.24. The van der Waals surface area contributed by atoms with E-state index in [9.17, 15) is 8.42 Å². The second-order valence-corrected chi connectivity index (χ2v) is 9.21. The second-order valence-electron chi connectivity index (χ2n) is 7.46. The second kappa shape index (κ2) is 9.54. The van der Waals surface area contributed by atoms with Crippen molar-refractivity contribution in [1.82, 2.24) is 20.3 Å². The predicted octanol–water partition coefficient (Wildman–Crippen LogP) is 0.826. The van der Waals surface area contributed by atoms with Gasteiger partial charge in [0.2, 0.25) is 10.0 Å². The lowest BCUT2D eigenvalue weighted by atomic mass is 10.1. The normalized spacial score (nSPS) is 23.2. The van der Waals surface area contributed by atoms with Crippen molar-refractivity contribution >= 4 is 40.0 Å². The number of aliphatic imine (C=N–C) groups is 1. The van der Waals surface area contributed by atoms with Crippen LogP contribution in [0.15, 0.2) is 4.99 Å². The van der Waals surface area contributed by atoms with Gasteiger partial charge in [0.05, 0.1) is 6.26 Å². The molecule has 24 heavy (non-hydrogen) atoms. The van der Waals surface area contributed by atoms with Crippen LogP contribution in [0.3, 0.4) is 0 Å². The van der Waals surface area contributed by atoms with Gasteiger partial charge in [-0.05, 0) is 33.6 Å². The number of guanidine groups is 1. The number of hydrogen-bond donors (Lipinski definition) is 3. The third-order valence-electron chi connectivity index (χ3n) is 4.08. The molecular formula is C15H34IN5O2S. The smallest absolute Gasteiger partial charge is 0.209 e. The fourth-order valence-corrected chi connectivity index (χ4v) is 3.90. The molecule has 1 fully saturated rings. The fraction of sp³-hybridized carbons (Fsp3) is 0.933. The lowest BCUT2D eigenvalue weighted by Crippen LogP contribution is -2.54. The van der Waals surface area contributed by atoms with Crippen molar-refractivity contribution in [2.45, 2.75) is 52.2 Å². The van der Waals surface area contributed by atoms with Gasteiger partial charge in [-0.2, -0.15) is 0 Å². The quantitative estimate of drug-likeness (QED) is 0.301. The molecule has 2 atom stereocenters. The lowest BCUT2D eigenvalue weighted by molar-refractivity contribution is 0.265. The number of halogens is 1. The van der Waals surface area contributed by atoms with Crippen molar-refractivity contribution in [1.29, 1.82) is 0 Å². The van der Waals surface area contributed by atoms with E-state index in [-0.39, 0.29) is 24.0 Å². The Morgan fingerprint density at radius 2 is 1.92 bits per heavy atom. The van der Waals surface area contributed by atoms with Crippen LogP contribution in [0.1, 0.15) is 34.6 Å². The maximum absolute atomic E-state index is 11.4. The van der Waals surface area contributed by atoms with E-state index in [2.05, 4.69) is 46.0 Å².